The average Bonchev–Trinajstić information content (AvgIpc) is 2.25. The van der Waals surface area contributed by atoms with Crippen molar-refractivity contribution in [3.63, 3.8) is 0 Å². The van der Waals surface area contributed by atoms with Gasteiger partial charge in [-0.15, -0.1) is 0 Å². The number of esters is 1. The first kappa shape index (κ1) is 13.9. The number of halogens is 2. The van der Waals surface area contributed by atoms with Crippen LogP contribution in [0.15, 0.2) is 18.2 Å². The lowest BCUT2D eigenvalue weighted by molar-refractivity contribution is -0.123. The molecular formula is C10H8ClFN2O4. The van der Waals surface area contributed by atoms with Crippen LogP contribution >= 0.6 is 11.6 Å². The van der Waals surface area contributed by atoms with Crippen molar-refractivity contribution in [3.05, 3.63) is 34.6 Å². The van der Waals surface area contributed by atoms with E-state index in [-0.39, 0.29) is 5.02 Å². The van der Waals surface area contributed by atoms with E-state index in [0.29, 0.717) is 0 Å². The first-order valence-corrected chi connectivity index (χ1v) is 5.00. The molecule has 0 bridgehead atoms. The number of rotatable bonds is 3. The van der Waals surface area contributed by atoms with Gasteiger partial charge in [0.1, 0.15) is 11.4 Å². The number of amides is 3. The van der Waals surface area contributed by atoms with Gasteiger partial charge in [0.15, 0.2) is 6.61 Å². The topological polar surface area (TPSA) is 98.5 Å². The third kappa shape index (κ3) is 3.70. The molecule has 0 aliphatic carbocycles. The van der Waals surface area contributed by atoms with Crippen LogP contribution in [0.25, 0.3) is 0 Å². The first-order chi connectivity index (χ1) is 8.41. The van der Waals surface area contributed by atoms with Gasteiger partial charge >= 0.3 is 12.0 Å². The molecule has 0 fully saturated rings. The Hall–Kier alpha value is -2.15. The Morgan fingerprint density at radius 2 is 2.06 bits per heavy atom. The molecule has 3 N–H and O–H groups in total. The van der Waals surface area contributed by atoms with Crippen LogP contribution in [0.3, 0.4) is 0 Å². The van der Waals surface area contributed by atoms with Gasteiger partial charge in [-0.2, -0.15) is 0 Å². The third-order valence-corrected chi connectivity index (χ3v) is 2.08. The van der Waals surface area contributed by atoms with Gasteiger partial charge < -0.3 is 10.5 Å². The number of urea groups is 1. The number of carbonyl (C=O) groups is 3. The van der Waals surface area contributed by atoms with Crippen molar-refractivity contribution in [2.75, 3.05) is 6.61 Å². The Morgan fingerprint density at radius 1 is 1.39 bits per heavy atom. The van der Waals surface area contributed by atoms with Gasteiger partial charge in [0.25, 0.3) is 5.91 Å². The predicted octanol–water partition coefficient (Wildman–Crippen LogP) is 0.831. The quantitative estimate of drug-likeness (QED) is 0.798. The Morgan fingerprint density at radius 3 is 2.61 bits per heavy atom. The van der Waals surface area contributed by atoms with E-state index in [0.717, 1.165) is 6.07 Å². The SMILES string of the molecule is NC(=O)NC(=O)COC(=O)c1c(F)cccc1Cl. The lowest BCUT2D eigenvalue weighted by Crippen LogP contribution is -2.37. The normalized spacial score (nSPS) is 9.67. The van der Waals surface area contributed by atoms with Crippen LogP contribution in [0, 0.1) is 5.82 Å². The zero-order chi connectivity index (χ0) is 13.7. The summed E-state index contributed by atoms with van der Waals surface area (Å²) in [6.45, 7) is -0.771. The van der Waals surface area contributed by atoms with E-state index in [2.05, 4.69) is 10.5 Å². The molecule has 0 spiro atoms. The zero-order valence-electron chi connectivity index (χ0n) is 8.91. The second-order valence-electron chi connectivity index (χ2n) is 3.09. The molecule has 6 nitrogen and oxygen atoms in total. The molecule has 1 aromatic carbocycles. The fourth-order valence-corrected chi connectivity index (χ4v) is 1.31. The van der Waals surface area contributed by atoms with E-state index >= 15 is 0 Å². The Kier molecular flexibility index (Phi) is 4.61. The predicted molar refractivity (Wildman–Crippen MR) is 59.4 cm³/mol. The molecule has 1 rings (SSSR count). The lowest BCUT2D eigenvalue weighted by Gasteiger charge is -2.06. The molecule has 18 heavy (non-hydrogen) atoms. The van der Waals surface area contributed by atoms with Crippen molar-refractivity contribution in [3.8, 4) is 0 Å². The fourth-order valence-electron chi connectivity index (χ4n) is 1.07. The minimum atomic E-state index is -1.11. The molecule has 0 saturated carbocycles. The van der Waals surface area contributed by atoms with E-state index in [1.165, 1.54) is 12.1 Å². The summed E-state index contributed by atoms with van der Waals surface area (Å²) in [5.41, 5.74) is 4.19. The van der Waals surface area contributed by atoms with Gasteiger partial charge in [0.05, 0.1) is 5.02 Å². The smallest absolute Gasteiger partial charge is 0.343 e. The summed E-state index contributed by atoms with van der Waals surface area (Å²) in [6, 6.07) is 2.55. The van der Waals surface area contributed by atoms with Crippen LogP contribution in [0.4, 0.5) is 9.18 Å². The number of hydrogen-bond donors (Lipinski definition) is 2. The molecule has 0 heterocycles. The summed E-state index contributed by atoms with van der Waals surface area (Å²) in [6.07, 6.45) is 0. The standard InChI is InChI=1S/C10H8ClFN2O4/c11-5-2-1-3-6(12)8(5)9(16)18-4-7(15)14-10(13)17/h1-3H,4H2,(H3,13,14,15,17). The minimum absolute atomic E-state index is 0.143. The van der Waals surface area contributed by atoms with E-state index in [4.69, 9.17) is 11.6 Å². The monoisotopic (exact) mass is 274 g/mol. The third-order valence-electron chi connectivity index (χ3n) is 1.76. The van der Waals surface area contributed by atoms with Gasteiger partial charge in [-0.3, -0.25) is 10.1 Å². The van der Waals surface area contributed by atoms with Gasteiger partial charge in [0.2, 0.25) is 0 Å². The molecule has 1 aromatic rings. The van der Waals surface area contributed by atoms with Crippen molar-refractivity contribution in [2.24, 2.45) is 5.73 Å². The van der Waals surface area contributed by atoms with Crippen LogP contribution in [0.2, 0.25) is 5.02 Å². The summed E-state index contributed by atoms with van der Waals surface area (Å²) in [7, 11) is 0. The van der Waals surface area contributed by atoms with Gasteiger partial charge in [0, 0.05) is 0 Å². The molecule has 8 heteroatoms. The molecule has 0 aromatic heterocycles. The molecule has 0 radical (unpaired) electrons. The van der Waals surface area contributed by atoms with Crippen LogP contribution in [-0.2, 0) is 9.53 Å². The maximum atomic E-state index is 13.3. The molecule has 3 amide bonds. The number of benzene rings is 1. The van der Waals surface area contributed by atoms with E-state index < -0.39 is 35.9 Å². The van der Waals surface area contributed by atoms with Gasteiger partial charge in [-0.25, -0.2) is 14.0 Å². The van der Waals surface area contributed by atoms with Crippen LogP contribution < -0.4 is 11.1 Å². The highest BCUT2D eigenvalue weighted by Gasteiger charge is 2.18. The highest BCUT2D eigenvalue weighted by molar-refractivity contribution is 6.33. The number of carbonyl (C=O) groups excluding carboxylic acids is 3. The van der Waals surface area contributed by atoms with Crippen molar-refractivity contribution in [1.29, 1.82) is 0 Å². The second-order valence-corrected chi connectivity index (χ2v) is 3.49. The van der Waals surface area contributed by atoms with E-state index in [9.17, 15) is 18.8 Å². The number of ether oxygens (including phenoxy) is 1. The maximum Gasteiger partial charge on any atom is 0.343 e. The molecular weight excluding hydrogens is 267 g/mol. The van der Waals surface area contributed by atoms with Crippen molar-refractivity contribution >= 4 is 29.5 Å². The lowest BCUT2D eigenvalue weighted by atomic mass is 10.2. The molecule has 0 aliphatic heterocycles. The zero-order valence-corrected chi connectivity index (χ0v) is 9.66. The van der Waals surface area contributed by atoms with Gasteiger partial charge in [-0.05, 0) is 12.1 Å². The Labute approximate surface area is 106 Å². The number of hydrogen-bond acceptors (Lipinski definition) is 4. The van der Waals surface area contributed by atoms with E-state index in [1.54, 1.807) is 5.32 Å². The number of nitrogens with one attached hydrogen (secondary N) is 1. The molecule has 0 unspecified atom stereocenters. The molecule has 0 atom stereocenters. The summed E-state index contributed by atoms with van der Waals surface area (Å²) < 4.78 is 17.7. The average molecular weight is 275 g/mol. The minimum Gasteiger partial charge on any atom is -0.452 e. The number of imide groups is 1. The van der Waals surface area contributed by atoms with Crippen molar-refractivity contribution < 1.29 is 23.5 Å². The molecule has 0 aliphatic rings. The Balaban J connectivity index is 2.66. The highest BCUT2D eigenvalue weighted by Crippen LogP contribution is 2.19. The van der Waals surface area contributed by atoms with E-state index in [1.807, 2.05) is 0 Å². The first-order valence-electron chi connectivity index (χ1n) is 4.62. The largest absolute Gasteiger partial charge is 0.452 e. The number of primary amides is 1. The summed E-state index contributed by atoms with van der Waals surface area (Å²) in [4.78, 5) is 32.7. The van der Waals surface area contributed by atoms with Crippen LogP contribution in [0.1, 0.15) is 10.4 Å². The van der Waals surface area contributed by atoms with Crippen LogP contribution in [-0.4, -0.2) is 24.5 Å². The van der Waals surface area contributed by atoms with Crippen LogP contribution in [0.5, 0.6) is 0 Å². The van der Waals surface area contributed by atoms with Gasteiger partial charge in [-0.1, -0.05) is 17.7 Å². The Bertz CT molecular complexity index is 486. The summed E-state index contributed by atoms with van der Waals surface area (Å²) in [5, 5.41) is 1.53. The molecule has 96 valence electrons. The van der Waals surface area contributed by atoms with Crippen molar-refractivity contribution in [1.82, 2.24) is 5.32 Å². The molecule has 0 saturated heterocycles. The second kappa shape index (κ2) is 5.97. The summed E-state index contributed by atoms with van der Waals surface area (Å²) in [5.74, 6) is -2.91. The fraction of sp³-hybridized carbons (Fsp3) is 0.100. The highest BCUT2D eigenvalue weighted by atomic mass is 35.5. The maximum absolute atomic E-state index is 13.3. The number of nitrogens with two attached hydrogens (primary N) is 1. The van der Waals surface area contributed by atoms with Crippen molar-refractivity contribution in [2.45, 2.75) is 0 Å². The summed E-state index contributed by atoms with van der Waals surface area (Å²) >= 11 is 5.61.